The third kappa shape index (κ3) is 3.79. The lowest BCUT2D eigenvalue weighted by molar-refractivity contribution is -0.135. The van der Waals surface area contributed by atoms with Crippen LogP contribution < -0.4 is 5.32 Å². The van der Waals surface area contributed by atoms with Crippen LogP contribution >= 0.6 is 0 Å². The zero-order valence-corrected chi connectivity index (χ0v) is 14.3. The number of nitrogens with zero attached hydrogens (tertiary/aromatic N) is 2. The zero-order valence-electron chi connectivity index (χ0n) is 14.3. The second kappa shape index (κ2) is 7.07. The predicted octanol–water partition coefficient (Wildman–Crippen LogP) is 1.45. The molecule has 0 aromatic rings. The maximum absolute atomic E-state index is 12.4. The Balaban J connectivity index is 1.50. The molecule has 2 aliphatic heterocycles. The normalized spacial score (nSPS) is 31.0. The van der Waals surface area contributed by atoms with Crippen LogP contribution in [0.4, 0.5) is 4.79 Å². The number of urea groups is 1. The molecule has 3 aliphatic rings. The monoisotopic (exact) mass is 323 g/mol. The molecule has 6 heteroatoms. The van der Waals surface area contributed by atoms with Gasteiger partial charge in [-0.3, -0.25) is 4.79 Å². The van der Waals surface area contributed by atoms with Gasteiger partial charge in [-0.25, -0.2) is 4.79 Å². The van der Waals surface area contributed by atoms with E-state index in [0.717, 1.165) is 13.0 Å². The van der Waals surface area contributed by atoms with Gasteiger partial charge in [0.05, 0.1) is 18.1 Å². The molecule has 2 bridgehead atoms. The highest BCUT2D eigenvalue weighted by molar-refractivity contribution is 5.80. The zero-order chi connectivity index (χ0) is 16.4. The quantitative estimate of drug-likeness (QED) is 0.855. The van der Waals surface area contributed by atoms with E-state index in [2.05, 4.69) is 5.32 Å². The topological polar surface area (TPSA) is 61.9 Å². The summed E-state index contributed by atoms with van der Waals surface area (Å²) in [5.74, 6) is 0.640. The molecule has 6 nitrogen and oxygen atoms in total. The Bertz CT molecular complexity index is 448. The van der Waals surface area contributed by atoms with E-state index in [9.17, 15) is 9.59 Å². The van der Waals surface area contributed by atoms with E-state index in [1.54, 1.807) is 19.0 Å². The van der Waals surface area contributed by atoms with E-state index < -0.39 is 0 Å². The molecule has 1 aliphatic carbocycles. The summed E-state index contributed by atoms with van der Waals surface area (Å²) in [5, 5.41) is 3.09. The van der Waals surface area contributed by atoms with Crippen LogP contribution in [0.25, 0.3) is 0 Å². The van der Waals surface area contributed by atoms with Crippen molar-refractivity contribution in [3.63, 3.8) is 0 Å². The van der Waals surface area contributed by atoms with E-state index in [4.69, 9.17) is 4.74 Å². The third-order valence-electron chi connectivity index (χ3n) is 5.47. The minimum absolute atomic E-state index is 0.00285. The summed E-state index contributed by atoms with van der Waals surface area (Å²) in [6.07, 6.45) is 6.95. The maximum Gasteiger partial charge on any atom is 0.317 e. The average molecular weight is 323 g/mol. The minimum atomic E-state index is -0.149. The van der Waals surface area contributed by atoms with Gasteiger partial charge in [-0.15, -0.1) is 0 Å². The number of morpholine rings is 1. The summed E-state index contributed by atoms with van der Waals surface area (Å²) in [7, 11) is 3.55. The van der Waals surface area contributed by atoms with Crippen LogP contribution in [0.2, 0.25) is 0 Å². The van der Waals surface area contributed by atoms with E-state index in [1.807, 2.05) is 4.90 Å². The van der Waals surface area contributed by atoms with Crippen LogP contribution in [0, 0.1) is 11.8 Å². The molecule has 130 valence electrons. The highest BCUT2D eigenvalue weighted by atomic mass is 16.5. The van der Waals surface area contributed by atoms with Crippen LogP contribution in [-0.4, -0.2) is 67.7 Å². The second-order valence-corrected chi connectivity index (χ2v) is 7.47. The second-order valence-electron chi connectivity index (χ2n) is 7.47. The Morgan fingerprint density at radius 3 is 2.61 bits per heavy atom. The molecule has 0 spiro atoms. The lowest BCUT2D eigenvalue weighted by Crippen LogP contribution is -2.51. The number of hydrogen-bond acceptors (Lipinski definition) is 3. The number of likely N-dealkylation sites (tertiary alicyclic amines) is 1. The molecule has 3 amide bonds. The Kier molecular flexibility index (Phi) is 5.09. The molecule has 3 atom stereocenters. The summed E-state index contributed by atoms with van der Waals surface area (Å²) in [4.78, 5) is 28.1. The number of fused-ring (bicyclic) bond motifs is 2. The fourth-order valence-corrected chi connectivity index (χ4v) is 4.15. The van der Waals surface area contributed by atoms with E-state index in [1.165, 1.54) is 32.1 Å². The Morgan fingerprint density at radius 2 is 1.91 bits per heavy atom. The van der Waals surface area contributed by atoms with Crippen molar-refractivity contribution in [1.29, 1.82) is 0 Å². The first-order chi connectivity index (χ1) is 11.0. The van der Waals surface area contributed by atoms with Crippen LogP contribution in [0.5, 0.6) is 0 Å². The average Bonchev–Trinajstić information content (AvgIpc) is 2.86. The first kappa shape index (κ1) is 16.6. The van der Waals surface area contributed by atoms with Crippen LogP contribution in [0.1, 0.15) is 38.5 Å². The SMILES string of the molecule is CN(C)C(=O)[C@H]1C[C@@H]2CN(C(=O)NCC3CCCCC3)C[C@H]1O2. The van der Waals surface area contributed by atoms with Crippen molar-refractivity contribution in [2.45, 2.75) is 50.7 Å². The summed E-state index contributed by atoms with van der Waals surface area (Å²) >= 11 is 0. The Morgan fingerprint density at radius 1 is 1.17 bits per heavy atom. The molecule has 3 rings (SSSR count). The number of ether oxygens (including phenoxy) is 1. The number of amides is 3. The largest absolute Gasteiger partial charge is 0.370 e. The molecule has 2 heterocycles. The molecule has 3 fully saturated rings. The molecule has 1 N–H and O–H groups in total. The Labute approximate surface area is 138 Å². The number of carbonyl (C=O) groups excluding carboxylic acids is 2. The summed E-state index contributed by atoms with van der Waals surface area (Å²) in [5.41, 5.74) is 0. The van der Waals surface area contributed by atoms with Gasteiger partial charge in [0.2, 0.25) is 5.91 Å². The number of carbonyl (C=O) groups is 2. The highest BCUT2D eigenvalue weighted by Crippen LogP contribution is 2.33. The summed E-state index contributed by atoms with van der Waals surface area (Å²) in [6, 6.07) is 0.00632. The minimum Gasteiger partial charge on any atom is -0.370 e. The predicted molar refractivity (Wildman–Crippen MR) is 87.0 cm³/mol. The number of hydrogen-bond donors (Lipinski definition) is 1. The van der Waals surface area contributed by atoms with Crippen LogP contribution in [0.3, 0.4) is 0 Å². The van der Waals surface area contributed by atoms with Crippen molar-refractivity contribution in [3.8, 4) is 0 Å². The fraction of sp³-hybridized carbons (Fsp3) is 0.882. The van der Waals surface area contributed by atoms with Gasteiger partial charge in [-0.05, 0) is 25.2 Å². The molecule has 0 aromatic carbocycles. The molecule has 0 unspecified atom stereocenters. The smallest absolute Gasteiger partial charge is 0.317 e. The van der Waals surface area contributed by atoms with E-state index >= 15 is 0 Å². The van der Waals surface area contributed by atoms with Gasteiger partial charge in [0.15, 0.2) is 0 Å². The highest BCUT2D eigenvalue weighted by Gasteiger charge is 2.46. The lowest BCUT2D eigenvalue weighted by atomic mass is 9.89. The van der Waals surface area contributed by atoms with E-state index in [0.29, 0.717) is 19.0 Å². The van der Waals surface area contributed by atoms with Crippen molar-refractivity contribution in [1.82, 2.24) is 15.1 Å². The summed E-state index contributed by atoms with van der Waals surface area (Å²) in [6.45, 7) is 1.91. The number of rotatable bonds is 3. The van der Waals surface area contributed by atoms with Crippen molar-refractivity contribution < 1.29 is 14.3 Å². The van der Waals surface area contributed by atoms with E-state index in [-0.39, 0.29) is 30.1 Å². The molecular weight excluding hydrogens is 294 g/mol. The molecule has 0 aromatic heterocycles. The Hall–Kier alpha value is -1.30. The standard InChI is InChI=1S/C17H29N3O3/c1-19(2)16(21)14-8-13-10-20(11-15(14)23-13)17(22)18-9-12-6-4-3-5-7-12/h12-15H,3-11H2,1-2H3,(H,18,22)/t13-,14+,15-/m1/s1. The van der Waals surface area contributed by atoms with Crippen molar-refractivity contribution in [2.75, 3.05) is 33.7 Å². The first-order valence-corrected chi connectivity index (χ1v) is 8.94. The summed E-state index contributed by atoms with van der Waals surface area (Å²) < 4.78 is 5.89. The van der Waals surface area contributed by atoms with Gasteiger partial charge < -0.3 is 19.9 Å². The van der Waals surface area contributed by atoms with Crippen LogP contribution in [0.15, 0.2) is 0 Å². The number of nitrogens with one attached hydrogen (secondary N) is 1. The van der Waals surface area contributed by atoms with Gasteiger partial charge in [0, 0.05) is 33.7 Å². The molecule has 23 heavy (non-hydrogen) atoms. The maximum atomic E-state index is 12.4. The van der Waals surface area contributed by atoms with Gasteiger partial charge in [-0.2, -0.15) is 0 Å². The van der Waals surface area contributed by atoms with Gasteiger partial charge in [-0.1, -0.05) is 19.3 Å². The fourth-order valence-electron chi connectivity index (χ4n) is 4.15. The van der Waals surface area contributed by atoms with Gasteiger partial charge >= 0.3 is 6.03 Å². The van der Waals surface area contributed by atoms with Crippen LogP contribution in [-0.2, 0) is 9.53 Å². The van der Waals surface area contributed by atoms with Crippen molar-refractivity contribution in [2.24, 2.45) is 11.8 Å². The molecular formula is C17H29N3O3. The molecule has 1 saturated carbocycles. The lowest BCUT2D eigenvalue weighted by Gasteiger charge is -2.33. The van der Waals surface area contributed by atoms with Crippen molar-refractivity contribution >= 4 is 11.9 Å². The first-order valence-electron chi connectivity index (χ1n) is 8.94. The van der Waals surface area contributed by atoms with Gasteiger partial charge in [0.25, 0.3) is 0 Å². The molecule has 2 saturated heterocycles. The third-order valence-corrected chi connectivity index (χ3v) is 5.47. The molecule has 0 radical (unpaired) electrons. The van der Waals surface area contributed by atoms with Gasteiger partial charge in [0.1, 0.15) is 0 Å². The van der Waals surface area contributed by atoms with Crippen molar-refractivity contribution in [3.05, 3.63) is 0 Å².